The summed E-state index contributed by atoms with van der Waals surface area (Å²) in [5, 5.41) is 3.53. The van der Waals surface area contributed by atoms with Gasteiger partial charge in [0.1, 0.15) is 17.5 Å². The van der Waals surface area contributed by atoms with Crippen LogP contribution in [0, 0.1) is 6.92 Å². The first-order valence-electron chi connectivity index (χ1n) is 9.94. The maximum absolute atomic E-state index is 4.66. The zero-order valence-electron chi connectivity index (χ0n) is 16.0. The van der Waals surface area contributed by atoms with E-state index in [0.717, 1.165) is 49.7 Å². The van der Waals surface area contributed by atoms with Crippen molar-refractivity contribution in [3.05, 3.63) is 71.2 Å². The molecule has 1 aromatic carbocycles. The molecule has 5 nitrogen and oxygen atoms in total. The van der Waals surface area contributed by atoms with E-state index in [4.69, 9.17) is 0 Å². The van der Waals surface area contributed by atoms with E-state index in [2.05, 4.69) is 61.4 Å². The van der Waals surface area contributed by atoms with Crippen molar-refractivity contribution in [3.8, 4) is 0 Å². The summed E-state index contributed by atoms with van der Waals surface area (Å²) >= 11 is 0. The molecule has 0 bridgehead atoms. The normalized spacial score (nSPS) is 13.4. The number of hydrogen-bond acceptors (Lipinski definition) is 4. The van der Waals surface area contributed by atoms with Crippen LogP contribution in [-0.4, -0.2) is 19.5 Å². The molecule has 0 unspecified atom stereocenters. The Balaban J connectivity index is 1.38. The van der Waals surface area contributed by atoms with Crippen LogP contribution in [0.2, 0.25) is 0 Å². The Morgan fingerprint density at radius 2 is 1.93 bits per heavy atom. The van der Waals surface area contributed by atoms with Crippen molar-refractivity contribution in [2.24, 2.45) is 0 Å². The number of aromatic nitrogens is 4. The molecule has 0 fully saturated rings. The fourth-order valence-corrected chi connectivity index (χ4v) is 3.84. The van der Waals surface area contributed by atoms with Gasteiger partial charge in [0, 0.05) is 30.2 Å². The minimum absolute atomic E-state index is 0.696. The van der Waals surface area contributed by atoms with Gasteiger partial charge in [-0.3, -0.25) is 0 Å². The number of hydrogen-bond donors (Lipinski definition) is 1. The smallest absolute Gasteiger partial charge is 0.133 e. The van der Waals surface area contributed by atoms with Crippen molar-refractivity contribution in [2.75, 3.05) is 5.32 Å². The summed E-state index contributed by atoms with van der Waals surface area (Å²) in [6.45, 7) is 3.65. The van der Waals surface area contributed by atoms with Crippen LogP contribution in [0.15, 0.2) is 42.7 Å². The molecule has 0 spiro atoms. The lowest BCUT2D eigenvalue weighted by molar-refractivity contribution is 0.614. The van der Waals surface area contributed by atoms with Gasteiger partial charge >= 0.3 is 0 Å². The highest BCUT2D eigenvalue weighted by Gasteiger charge is 2.17. The molecule has 2 heterocycles. The van der Waals surface area contributed by atoms with E-state index in [-0.39, 0.29) is 0 Å². The van der Waals surface area contributed by atoms with Gasteiger partial charge in [0.25, 0.3) is 0 Å². The van der Waals surface area contributed by atoms with Gasteiger partial charge in [0.2, 0.25) is 0 Å². The van der Waals surface area contributed by atoms with Crippen molar-refractivity contribution >= 4 is 5.82 Å². The number of nitrogens with zero attached hydrogens (tertiary/aromatic N) is 4. The third-order valence-corrected chi connectivity index (χ3v) is 5.22. The van der Waals surface area contributed by atoms with Gasteiger partial charge in [-0.25, -0.2) is 15.0 Å². The van der Waals surface area contributed by atoms with Gasteiger partial charge in [-0.05, 0) is 51.0 Å². The molecular formula is C22H27N5. The second kappa shape index (κ2) is 8.33. The first kappa shape index (κ1) is 17.7. The van der Waals surface area contributed by atoms with Crippen LogP contribution in [0.4, 0.5) is 5.82 Å². The Morgan fingerprint density at radius 1 is 1.07 bits per heavy atom. The summed E-state index contributed by atoms with van der Waals surface area (Å²) in [7, 11) is 0. The Morgan fingerprint density at radius 3 is 2.81 bits per heavy atom. The average Bonchev–Trinajstić information content (AvgIpc) is 3.14. The molecule has 4 rings (SSSR count). The van der Waals surface area contributed by atoms with Gasteiger partial charge in [-0.2, -0.15) is 0 Å². The number of aryl methyl sites for hydroxylation is 4. The number of fused-ring (bicyclic) bond motifs is 1. The van der Waals surface area contributed by atoms with Crippen LogP contribution in [0.25, 0.3) is 0 Å². The van der Waals surface area contributed by atoms with E-state index < -0.39 is 0 Å². The number of nitrogens with one attached hydrogen (secondary N) is 1. The molecule has 5 heteroatoms. The summed E-state index contributed by atoms with van der Waals surface area (Å²) in [4.78, 5) is 13.8. The van der Waals surface area contributed by atoms with Crippen LogP contribution < -0.4 is 5.32 Å². The fraction of sp³-hybridized carbons (Fsp3) is 0.409. The Kier molecular flexibility index (Phi) is 5.47. The SMILES string of the molecule is Cc1nc2c(c(NCc3nccn3CCCc3ccccc3)n1)CCCC2. The quantitative estimate of drug-likeness (QED) is 0.688. The predicted octanol–water partition coefficient (Wildman–Crippen LogP) is 4.11. The summed E-state index contributed by atoms with van der Waals surface area (Å²) in [6, 6.07) is 10.7. The highest BCUT2D eigenvalue weighted by molar-refractivity contribution is 5.47. The third-order valence-electron chi connectivity index (χ3n) is 5.22. The molecule has 140 valence electrons. The lowest BCUT2D eigenvalue weighted by Crippen LogP contribution is -2.15. The van der Waals surface area contributed by atoms with E-state index in [9.17, 15) is 0 Å². The Labute approximate surface area is 160 Å². The van der Waals surface area contributed by atoms with Crippen LogP contribution in [-0.2, 0) is 32.4 Å². The van der Waals surface area contributed by atoms with Crippen molar-refractivity contribution in [3.63, 3.8) is 0 Å². The molecule has 0 amide bonds. The second-order valence-corrected chi connectivity index (χ2v) is 7.23. The number of anilines is 1. The molecular weight excluding hydrogens is 334 g/mol. The molecule has 2 aromatic heterocycles. The van der Waals surface area contributed by atoms with E-state index in [1.165, 1.54) is 29.7 Å². The van der Waals surface area contributed by atoms with Crippen molar-refractivity contribution in [2.45, 2.75) is 58.5 Å². The monoisotopic (exact) mass is 361 g/mol. The minimum Gasteiger partial charge on any atom is -0.362 e. The summed E-state index contributed by atoms with van der Waals surface area (Å²) in [5.74, 6) is 2.91. The van der Waals surface area contributed by atoms with Crippen LogP contribution in [0.1, 0.15) is 47.7 Å². The molecule has 1 N–H and O–H groups in total. The number of benzene rings is 1. The molecule has 27 heavy (non-hydrogen) atoms. The maximum Gasteiger partial charge on any atom is 0.133 e. The van der Waals surface area contributed by atoms with E-state index in [1.54, 1.807) is 0 Å². The van der Waals surface area contributed by atoms with Crippen LogP contribution in [0.5, 0.6) is 0 Å². The van der Waals surface area contributed by atoms with Gasteiger partial charge in [-0.1, -0.05) is 30.3 Å². The standard InChI is InChI=1S/C22H27N5/c1-17-25-20-12-6-5-11-19(20)22(26-17)24-16-21-23-13-15-27(21)14-7-10-18-8-3-2-4-9-18/h2-4,8-9,13,15H,5-7,10-12,14,16H2,1H3,(H,24,25,26). The Bertz CT molecular complexity index is 885. The molecule has 0 atom stereocenters. The topological polar surface area (TPSA) is 55.6 Å². The average molecular weight is 361 g/mol. The molecule has 3 aromatic rings. The zero-order chi connectivity index (χ0) is 18.5. The maximum atomic E-state index is 4.66. The summed E-state index contributed by atoms with van der Waals surface area (Å²) in [6.07, 6.45) is 10.8. The van der Waals surface area contributed by atoms with Crippen molar-refractivity contribution < 1.29 is 0 Å². The van der Waals surface area contributed by atoms with E-state index in [1.807, 2.05) is 13.1 Å². The summed E-state index contributed by atoms with van der Waals surface area (Å²) in [5.41, 5.74) is 3.91. The van der Waals surface area contributed by atoms with Gasteiger partial charge in [0.05, 0.1) is 6.54 Å². The molecule has 0 radical (unpaired) electrons. The molecule has 1 aliphatic carbocycles. The first-order chi connectivity index (χ1) is 13.3. The highest BCUT2D eigenvalue weighted by Crippen LogP contribution is 2.25. The molecule has 0 saturated carbocycles. The predicted molar refractivity (Wildman–Crippen MR) is 108 cm³/mol. The summed E-state index contributed by atoms with van der Waals surface area (Å²) < 4.78 is 2.25. The molecule has 0 saturated heterocycles. The second-order valence-electron chi connectivity index (χ2n) is 7.23. The Hall–Kier alpha value is -2.69. The number of imidazole rings is 1. The minimum atomic E-state index is 0.696. The van der Waals surface area contributed by atoms with Crippen molar-refractivity contribution in [1.82, 2.24) is 19.5 Å². The lowest BCUT2D eigenvalue weighted by Gasteiger charge is -2.19. The van der Waals surface area contributed by atoms with Crippen molar-refractivity contribution in [1.29, 1.82) is 0 Å². The lowest BCUT2D eigenvalue weighted by atomic mass is 9.96. The van der Waals surface area contributed by atoms with Crippen LogP contribution >= 0.6 is 0 Å². The van der Waals surface area contributed by atoms with Gasteiger partial charge < -0.3 is 9.88 Å². The number of rotatable bonds is 7. The van der Waals surface area contributed by atoms with Gasteiger partial charge in [-0.15, -0.1) is 0 Å². The third kappa shape index (κ3) is 4.35. The van der Waals surface area contributed by atoms with E-state index in [0.29, 0.717) is 6.54 Å². The molecule has 1 aliphatic rings. The first-order valence-corrected chi connectivity index (χ1v) is 9.94. The largest absolute Gasteiger partial charge is 0.362 e. The van der Waals surface area contributed by atoms with Gasteiger partial charge in [0.15, 0.2) is 0 Å². The van der Waals surface area contributed by atoms with E-state index >= 15 is 0 Å². The van der Waals surface area contributed by atoms with Crippen LogP contribution in [0.3, 0.4) is 0 Å². The molecule has 0 aliphatic heterocycles. The highest BCUT2D eigenvalue weighted by atomic mass is 15.1. The zero-order valence-corrected chi connectivity index (χ0v) is 16.0. The fourth-order valence-electron chi connectivity index (χ4n) is 3.84.